The second kappa shape index (κ2) is 8.77. The summed E-state index contributed by atoms with van der Waals surface area (Å²) in [7, 11) is 0. The Hall–Kier alpha value is -3.55. The number of likely N-dealkylation sites (tertiary alicyclic amines) is 1. The van der Waals surface area contributed by atoms with E-state index in [0.29, 0.717) is 24.1 Å². The molecule has 1 aliphatic carbocycles. The van der Waals surface area contributed by atoms with Gasteiger partial charge < -0.3 is 10.2 Å². The van der Waals surface area contributed by atoms with Crippen LogP contribution in [0.1, 0.15) is 54.7 Å². The zero-order valence-corrected chi connectivity index (χ0v) is 18.8. The van der Waals surface area contributed by atoms with E-state index in [2.05, 4.69) is 45.6 Å². The summed E-state index contributed by atoms with van der Waals surface area (Å²) in [6.45, 7) is 4.88. The van der Waals surface area contributed by atoms with Crippen molar-refractivity contribution in [3.05, 3.63) is 77.4 Å². The molecule has 1 saturated heterocycles. The van der Waals surface area contributed by atoms with Gasteiger partial charge in [-0.3, -0.25) is 19.7 Å². The SMILES string of the molecule is CC(C)c1ccc(C(NC(=O)C2C3CC3CN2C(=O)Cc2cnn[nH]2)c2ccccc2)nc1. The monoisotopic (exact) mass is 444 g/mol. The van der Waals surface area contributed by atoms with Crippen molar-refractivity contribution in [2.75, 3.05) is 6.54 Å². The van der Waals surface area contributed by atoms with E-state index in [-0.39, 0.29) is 30.2 Å². The molecule has 3 aromatic rings. The van der Waals surface area contributed by atoms with Crippen LogP contribution in [0.2, 0.25) is 0 Å². The van der Waals surface area contributed by atoms with Crippen molar-refractivity contribution in [3.8, 4) is 0 Å². The van der Waals surface area contributed by atoms with E-state index in [4.69, 9.17) is 0 Å². The van der Waals surface area contributed by atoms with E-state index >= 15 is 0 Å². The molecule has 2 amide bonds. The molecule has 0 bridgehead atoms. The molecule has 3 heterocycles. The third-order valence-electron chi connectivity index (χ3n) is 6.74. The van der Waals surface area contributed by atoms with Gasteiger partial charge in [0, 0.05) is 12.7 Å². The number of rotatable bonds is 7. The van der Waals surface area contributed by atoms with Crippen LogP contribution >= 0.6 is 0 Å². The van der Waals surface area contributed by atoms with Gasteiger partial charge >= 0.3 is 0 Å². The van der Waals surface area contributed by atoms with Crippen LogP contribution < -0.4 is 5.32 Å². The number of hydrogen-bond acceptors (Lipinski definition) is 5. The van der Waals surface area contributed by atoms with Crippen molar-refractivity contribution in [2.45, 2.75) is 44.7 Å². The number of benzene rings is 1. The topological polar surface area (TPSA) is 104 Å². The van der Waals surface area contributed by atoms with Gasteiger partial charge in [-0.05, 0) is 41.4 Å². The van der Waals surface area contributed by atoms with E-state index in [9.17, 15) is 9.59 Å². The van der Waals surface area contributed by atoms with Crippen LogP contribution in [0.4, 0.5) is 0 Å². The lowest BCUT2D eigenvalue weighted by molar-refractivity contribution is -0.139. The Morgan fingerprint density at radius 3 is 2.61 bits per heavy atom. The van der Waals surface area contributed by atoms with Crippen LogP contribution in [0, 0.1) is 11.8 Å². The van der Waals surface area contributed by atoms with Gasteiger partial charge in [-0.25, -0.2) is 0 Å². The molecule has 2 aromatic heterocycles. The molecule has 0 spiro atoms. The molecule has 2 fully saturated rings. The molecule has 1 aliphatic heterocycles. The van der Waals surface area contributed by atoms with Crippen molar-refractivity contribution in [3.63, 3.8) is 0 Å². The van der Waals surface area contributed by atoms with Crippen molar-refractivity contribution >= 4 is 11.8 Å². The maximum Gasteiger partial charge on any atom is 0.243 e. The molecule has 5 rings (SSSR count). The molecule has 33 heavy (non-hydrogen) atoms. The minimum Gasteiger partial charge on any atom is -0.342 e. The number of nitrogens with zero attached hydrogens (tertiary/aromatic N) is 4. The zero-order chi connectivity index (χ0) is 22.9. The van der Waals surface area contributed by atoms with Crippen LogP contribution in [-0.2, 0) is 16.0 Å². The van der Waals surface area contributed by atoms with Gasteiger partial charge in [-0.1, -0.05) is 55.5 Å². The Kier molecular flexibility index (Phi) is 5.66. The summed E-state index contributed by atoms with van der Waals surface area (Å²) in [5.74, 6) is 0.805. The molecule has 1 saturated carbocycles. The van der Waals surface area contributed by atoms with Gasteiger partial charge in [0.25, 0.3) is 0 Å². The number of amides is 2. The number of fused-ring (bicyclic) bond motifs is 1. The van der Waals surface area contributed by atoms with Gasteiger partial charge in [-0.2, -0.15) is 0 Å². The molecule has 4 unspecified atom stereocenters. The average molecular weight is 445 g/mol. The number of nitrogens with one attached hydrogen (secondary N) is 2. The lowest BCUT2D eigenvalue weighted by Crippen LogP contribution is -2.49. The standard InChI is InChI=1S/C25H28N6O2/c1-15(2)17-8-9-21(26-12-17)23(16-6-4-3-5-7-16)28-25(33)24-20-10-18(20)14-31(24)22(32)11-19-13-27-30-29-19/h3-9,12-13,15,18,20,23-24H,10-11,14H2,1-2H3,(H,28,33)(H,27,29,30). The first-order chi connectivity index (χ1) is 16.0. The van der Waals surface area contributed by atoms with Crippen molar-refractivity contribution in [1.29, 1.82) is 0 Å². The lowest BCUT2D eigenvalue weighted by Gasteiger charge is -2.29. The molecule has 2 N–H and O–H groups in total. The average Bonchev–Trinajstić information content (AvgIpc) is 3.21. The first kappa shape index (κ1) is 21.3. The van der Waals surface area contributed by atoms with Crippen LogP contribution in [-0.4, -0.2) is 49.7 Å². The molecule has 8 heteroatoms. The van der Waals surface area contributed by atoms with Gasteiger partial charge in [0.2, 0.25) is 11.8 Å². The van der Waals surface area contributed by atoms with Crippen molar-refractivity contribution in [2.24, 2.45) is 11.8 Å². The van der Waals surface area contributed by atoms with Gasteiger partial charge in [-0.15, -0.1) is 5.10 Å². The number of H-pyrrole nitrogens is 1. The second-order valence-electron chi connectivity index (χ2n) is 9.33. The minimum absolute atomic E-state index is 0.0796. The first-order valence-electron chi connectivity index (χ1n) is 11.5. The summed E-state index contributed by atoms with van der Waals surface area (Å²) in [6.07, 6.45) is 4.58. The fourth-order valence-electron chi connectivity index (χ4n) is 4.76. The molecule has 1 aromatic carbocycles. The fraction of sp³-hybridized carbons (Fsp3) is 0.400. The maximum absolute atomic E-state index is 13.6. The van der Waals surface area contributed by atoms with E-state index in [0.717, 1.165) is 23.2 Å². The quantitative estimate of drug-likeness (QED) is 0.583. The smallest absolute Gasteiger partial charge is 0.243 e. The fourth-order valence-corrected chi connectivity index (χ4v) is 4.76. The maximum atomic E-state index is 13.6. The third-order valence-corrected chi connectivity index (χ3v) is 6.74. The highest BCUT2D eigenvalue weighted by molar-refractivity contribution is 5.90. The second-order valence-corrected chi connectivity index (χ2v) is 9.33. The highest BCUT2D eigenvalue weighted by Gasteiger charge is 2.56. The molecular formula is C25H28N6O2. The number of aromatic amines is 1. The van der Waals surface area contributed by atoms with Crippen LogP contribution in [0.25, 0.3) is 0 Å². The minimum atomic E-state index is -0.459. The highest BCUT2D eigenvalue weighted by atomic mass is 16.2. The molecular weight excluding hydrogens is 416 g/mol. The van der Waals surface area contributed by atoms with E-state index in [1.807, 2.05) is 42.6 Å². The van der Waals surface area contributed by atoms with E-state index in [1.54, 1.807) is 11.1 Å². The first-order valence-corrected chi connectivity index (χ1v) is 11.5. The Morgan fingerprint density at radius 1 is 1.12 bits per heavy atom. The number of hydrogen-bond donors (Lipinski definition) is 2. The normalized spacial score (nSPS) is 22.2. The Labute approximate surface area is 192 Å². The van der Waals surface area contributed by atoms with Crippen molar-refractivity contribution in [1.82, 2.24) is 30.6 Å². The summed E-state index contributed by atoms with van der Waals surface area (Å²) in [5, 5.41) is 13.4. The van der Waals surface area contributed by atoms with E-state index in [1.165, 1.54) is 0 Å². The third kappa shape index (κ3) is 4.37. The summed E-state index contributed by atoms with van der Waals surface area (Å²) in [4.78, 5) is 33.0. The van der Waals surface area contributed by atoms with Gasteiger partial charge in [0.05, 0.1) is 30.0 Å². The zero-order valence-electron chi connectivity index (χ0n) is 18.8. The van der Waals surface area contributed by atoms with Gasteiger partial charge in [0.1, 0.15) is 6.04 Å². The van der Waals surface area contributed by atoms with Crippen molar-refractivity contribution < 1.29 is 9.59 Å². The Bertz CT molecular complexity index is 1110. The van der Waals surface area contributed by atoms with E-state index < -0.39 is 6.04 Å². The molecule has 2 aliphatic rings. The molecule has 170 valence electrons. The Balaban J connectivity index is 1.38. The lowest BCUT2D eigenvalue weighted by atomic mass is 9.99. The number of carbonyl (C=O) groups excluding carboxylic acids is 2. The summed E-state index contributed by atoms with van der Waals surface area (Å²) in [6, 6.07) is 13.1. The number of aromatic nitrogens is 4. The predicted octanol–water partition coefficient (Wildman–Crippen LogP) is 2.62. The van der Waals surface area contributed by atoms with Crippen LogP contribution in [0.15, 0.2) is 54.9 Å². The van der Waals surface area contributed by atoms with Crippen LogP contribution in [0.5, 0.6) is 0 Å². The summed E-state index contributed by atoms with van der Waals surface area (Å²) >= 11 is 0. The molecule has 8 nitrogen and oxygen atoms in total. The summed E-state index contributed by atoms with van der Waals surface area (Å²) in [5.41, 5.74) is 3.54. The summed E-state index contributed by atoms with van der Waals surface area (Å²) < 4.78 is 0. The number of piperidine rings is 1. The number of pyridine rings is 1. The van der Waals surface area contributed by atoms with Crippen LogP contribution in [0.3, 0.4) is 0 Å². The molecule has 0 radical (unpaired) electrons. The largest absolute Gasteiger partial charge is 0.342 e. The highest BCUT2D eigenvalue weighted by Crippen LogP contribution is 2.49. The predicted molar refractivity (Wildman–Crippen MR) is 122 cm³/mol. The Morgan fingerprint density at radius 2 is 1.94 bits per heavy atom. The number of carbonyl (C=O) groups is 2. The molecule has 4 atom stereocenters. The van der Waals surface area contributed by atoms with Gasteiger partial charge in [0.15, 0.2) is 0 Å².